The summed E-state index contributed by atoms with van der Waals surface area (Å²) in [5.41, 5.74) is 3.99. The molecule has 0 saturated carbocycles. The van der Waals surface area contributed by atoms with E-state index in [0.29, 0.717) is 11.3 Å². The molecule has 1 unspecified atom stereocenters. The van der Waals surface area contributed by atoms with Gasteiger partial charge in [0.15, 0.2) is 0 Å². The third-order valence-electron chi connectivity index (χ3n) is 6.03. The number of benzene rings is 3. The van der Waals surface area contributed by atoms with Crippen LogP contribution >= 0.6 is 0 Å². The second-order valence-electron chi connectivity index (χ2n) is 8.09. The number of oxime groups is 1. The smallest absolute Gasteiger partial charge is 0.331 e. The van der Waals surface area contributed by atoms with Gasteiger partial charge in [-0.15, -0.1) is 0 Å². The highest BCUT2D eigenvalue weighted by Crippen LogP contribution is 2.37. The van der Waals surface area contributed by atoms with Crippen LogP contribution in [-0.2, 0) is 27.0 Å². The van der Waals surface area contributed by atoms with Crippen LogP contribution in [0.4, 0.5) is 0 Å². The molecule has 0 amide bonds. The molecule has 1 atom stereocenters. The van der Waals surface area contributed by atoms with E-state index in [-0.39, 0.29) is 10.7 Å². The minimum absolute atomic E-state index is 0.240. The maximum Gasteiger partial charge on any atom is 0.331 e. The highest BCUT2D eigenvalue weighted by molar-refractivity contribution is 7.93. The molecule has 0 N–H and O–H groups in total. The van der Waals surface area contributed by atoms with Crippen molar-refractivity contribution in [3.63, 3.8) is 0 Å². The molecule has 2 heterocycles. The number of Topliss-reactive ketones (excluding diaryl/α,β-unsaturated/α-hetero) is 1. The molecule has 3 aromatic carbocycles. The summed E-state index contributed by atoms with van der Waals surface area (Å²) in [6.07, 6.45) is 3.26. The maximum absolute atomic E-state index is 13.1. The van der Waals surface area contributed by atoms with Gasteiger partial charge in [0, 0.05) is 51.7 Å². The first-order valence-corrected chi connectivity index (χ1v) is 12.2. The predicted molar refractivity (Wildman–Crippen MR) is 136 cm³/mol. The Kier molecular flexibility index (Phi) is 5.49. The number of fused-ring (bicyclic) bond motifs is 5. The van der Waals surface area contributed by atoms with Gasteiger partial charge in [-0.25, -0.2) is 9.00 Å². The van der Waals surface area contributed by atoms with Crippen LogP contribution < -0.4 is 0 Å². The van der Waals surface area contributed by atoms with E-state index in [4.69, 9.17) is 4.84 Å². The summed E-state index contributed by atoms with van der Waals surface area (Å²) < 4.78 is 14.4. The molecular formula is C27H22N2O4S. The van der Waals surface area contributed by atoms with Gasteiger partial charge in [-0.2, -0.15) is 0 Å². The average molecular weight is 471 g/mol. The van der Waals surface area contributed by atoms with Crippen molar-refractivity contribution in [1.82, 2.24) is 4.57 Å². The number of ketones is 1. The zero-order valence-corrected chi connectivity index (χ0v) is 19.8. The quantitative estimate of drug-likeness (QED) is 0.165. The Morgan fingerprint density at radius 2 is 1.76 bits per heavy atom. The number of aromatic nitrogens is 1. The predicted octanol–water partition coefficient (Wildman–Crippen LogP) is 5.60. The molecule has 34 heavy (non-hydrogen) atoms. The van der Waals surface area contributed by atoms with Crippen molar-refractivity contribution < 1.29 is 18.6 Å². The van der Waals surface area contributed by atoms with E-state index in [2.05, 4.69) is 22.7 Å². The minimum atomic E-state index is -1.41. The zero-order valence-electron chi connectivity index (χ0n) is 19.0. The Labute approximate surface area is 198 Å². The number of carbonyl (C=O) groups is 2. The summed E-state index contributed by atoms with van der Waals surface area (Å²) in [6, 6.07) is 15.7. The van der Waals surface area contributed by atoms with Crippen LogP contribution in [0, 0.1) is 0 Å². The van der Waals surface area contributed by atoms with Crippen molar-refractivity contribution in [3.05, 3.63) is 82.1 Å². The Bertz CT molecular complexity index is 1640. The molecule has 5 rings (SSSR count). The van der Waals surface area contributed by atoms with E-state index in [0.717, 1.165) is 44.7 Å². The number of aryl methyl sites for hydroxylation is 1. The molecule has 0 bridgehead atoms. The fourth-order valence-electron chi connectivity index (χ4n) is 4.56. The molecule has 1 aliphatic rings. The third kappa shape index (κ3) is 3.49. The minimum Gasteiger partial charge on any atom is -0.340 e. The number of hydrogen-bond acceptors (Lipinski definition) is 5. The second-order valence-corrected chi connectivity index (χ2v) is 9.39. The Morgan fingerprint density at radius 3 is 2.44 bits per heavy atom. The number of nitrogens with zero attached hydrogens (tertiary/aromatic N) is 2. The van der Waals surface area contributed by atoms with Crippen LogP contribution in [0.15, 0.2) is 76.2 Å². The van der Waals surface area contributed by atoms with Gasteiger partial charge in [-0.3, -0.25) is 4.79 Å². The lowest BCUT2D eigenvalue weighted by molar-refractivity contribution is -0.140. The van der Waals surface area contributed by atoms with Gasteiger partial charge < -0.3 is 9.40 Å². The zero-order chi connectivity index (χ0) is 24.0. The van der Waals surface area contributed by atoms with E-state index in [9.17, 15) is 13.8 Å². The molecule has 1 aliphatic heterocycles. The first-order chi connectivity index (χ1) is 16.4. The van der Waals surface area contributed by atoms with Gasteiger partial charge in [0.2, 0.25) is 5.78 Å². The highest BCUT2D eigenvalue weighted by atomic mass is 32.2. The number of carbonyl (C=O) groups excluding carboxylic acids is 2. The Morgan fingerprint density at radius 1 is 1.00 bits per heavy atom. The molecule has 0 radical (unpaired) electrons. The normalized spacial score (nSPS) is 15.9. The summed E-state index contributed by atoms with van der Waals surface area (Å²) in [4.78, 5) is 29.6. The van der Waals surface area contributed by atoms with Gasteiger partial charge in [-0.1, -0.05) is 35.5 Å². The van der Waals surface area contributed by atoms with Crippen molar-refractivity contribution in [2.24, 2.45) is 5.16 Å². The summed E-state index contributed by atoms with van der Waals surface area (Å²) >= 11 is 0. The summed E-state index contributed by atoms with van der Waals surface area (Å²) in [7, 11) is -1.41. The van der Waals surface area contributed by atoms with Crippen LogP contribution in [-0.4, -0.2) is 26.2 Å². The van der Waals surface area contributed by atoms with Crippen molar-refractivity contribution in [1.29, 1.82) is 0 Å². The van der Waals surface area contributed by atoms with E-state index < -0.39 is 16.8 Å². The van der Waals surface area contributed by atoms with E-state index in [1.54, 1.807) is 25.1 Å². The third-order valence-corrected chi connectivity index (χ3v) is 7.19. The van der Waals surface area contributed by atoms with Crippen LogP contribution in [0.2, 0.25) is 0 Å². The number of hydrogen-bond donors (Lipinski definition) is 0. The van der Waals surface area contributed by atoms with Crippen molar-refractivity contribution in [3.8, 4) is 0 Å². The highest BCUT2D eigenvalue weighted by Gasteiger charge is 2.22. The van der Waals surface area contributed by atoms with Crippen LogP contribution in [0.1, 0.15) is 36.7 Å². The lowest BCUT2D eigenvalue weighted by Gasteiger charge is -2.10. The Hall–Kier alpha value is -3.84. The molecule has 0 spiro atoms. The lowest BCUT2D eigenvalue weighted by Crippen LogP contribution is -2.05. The largest absolute Gasteiger partial charge is 0.340 e. The molecule has 170 valence electrons. The van der Waals surface area contributed by atoms with Gasteiger partial charge in [0.05, 0.1) is 26.9 Å². The van der Waals surface area contributed by atoms with E-state index in [1.807, 2.05) is 36.4 Å². The average Bonchev–Trinajstić information content (AvgIpc) is 3.41. The van der Waals surface area contributed by atoms with Crippen LogP contribution in [0.3, 0.4) is 0 Å². The first kappa shape index (κ1) is 22.0. The van der Waals surface area contributed by atoms with Gasteiger partial charge in [0.25, 0.3) is 0 Å². The first-order valence-electron chi connectivity index (χ1n) is 10.9. The summed E-state index contributed by atoms with van der Waals surface area (Å²) in [6.45, 7) is 5.95. The standard InChI is InChI=1S/C27H22N2O4S/c1-4-29-24-12-11-18(27(31)25-10-7-13-34(25)32)14-22(24)23-15-21(16(2)28-33-17(3)30)19-8-5-6-9-20(19)26(23)29/h5-15H,4H2,1-3H3. The van der Waals surface area contributed by atoms with Gasteiger partial charge >= 0.3 is 5.97 Å². The monoisotopic (exact) mass is 470 g/mol. The molecule has 0 aliphatic carbocycles. The molecule has 6 nitrogen and oxygen atoms in total. The topological polar surface area (TPSA) is 77.7 Å². The van der Waals surface area contributed by atoms with E-state index >= 15 is 0 Å². The maximum atomic E-state index is 13.1. The van der Waals surface area contributed by atoms with Gasteiger partial charge in [-0.05, 0) is 49.6 Å². The SMILES string of the molecule is CCn1c2ccc(C(=O)C3=CC=CS3=O)cc2c2cc(C(C)=NOC(C)=O)c3ccccc3c21. The summed E-state index contributed by atoms with van der Waals surface area (Å²) in [5, 5.41) is 9.47. The van der Waals surface area contributed by atoms with Gasteiger partial charge in [0.1, 0.15) is 0 Å². The van der Waals surface area contributed by atoms with Crippen LogP contribution in [0.5, 0.6) is 0 Å². The van der Waals surface area contributed by atoms with Crippen molar-refractivity contribution >= 4 is 60.8 Å². The molecule has 0 saturated heterocycles. The molecule has 0 fully saturated rings. The Balaban J connectivity index is 1.81. The molecule has 7 heteroatoms. The van der Waals surface area contributed by atoms with Crippen LogP contribution in [0.25, 0.3) is 32.6 Å². The number of rotatable bonds is 5. The lowest BCUT2D eigenvalue weighted by atomic mass is 9.97. The summed E-state index contributed by atoms with van der Waals surface area (Å²) in [5.74, 6) is -0.722. The van der Waals surface area contributed by atoms with Crippen molar-refractivity contribution in [2.45, 2.75) is 27.3 Å². The van der Waals surface area contributed by atoms with E-state index in [1.165, 1.54) is 12.3 Å². The number of allylic oxidation sites excluding steroid dienone is 3. The van der Waals surface area contributed by atoms with Crippen molar-refractivity contribution in [2.75, 3.05) is 0 Å². The molecule has 1 aromatic heterocycles. The second kappa shape index (κ2) is 8.50. The molecule has 4 aromatic rings. The fourth-order valence-corrected chi connectivity index (χ4v) is 5.44. The fraction of sp³-hybridized carbons (Fsp3) is 0.148. The molecular weight excluding hydrogens is 448 g/mol.